The summed E-state index contributed by atoms with van der Waals surface area (Å²) in [6.45, 7) is 1.54. The van der Waals surface area contributed by atoms with Crippen LogP contribution in [0.1, 0.15) is 24.2 Å². The van der Waals surface area contributed by atoms with E-state index in [1.165, 1.54) is 9.13 Å². The first kappa shape index (κ1) is 28.0. The van der Waals surface area contributed by atoms with Crippen LogP contribution in [0.15, 0.2) is 88.5 Å². The van der Waals surface area contributed by atoms with Crippen LogP contribution in [-0.2, 0) is 20.1 Å². The predicted molar refractivity (Wildman–Crippen MR) is 173 cm³/mol. The molecule has 0 bridgehead atoms. The molecule has 0 saturated carbocycles. The Hall–Kier alpha value is -4.80. The van der Waals surface area contributed by atoms with Gasteiger partial charge in [0.25, 0.3) is 5.56 Å². The van der Waals surface area contributed by atoms with E-state index in [0.29, 0.717) is 41.0 Å². The van der Waals surface area contributed by atoms with E-state index in [1.54, 1.807) is 7.05 Å². The minimum Gasteiger partial charge on any atom is -0.341 e. The number of imidazole rings is 1. The topological polar surface area (TPSA) is 117 Å². The van der Waals surface area contributed by atoms with Crippen molar-refractivity contribution in [1.29, 1.82) is 0 Å². The van der Waals surface area contributed by atoms with E-state index in [4.69, 9.17) is 32.3 Å². The number of nitrogens with zero attached hydrogens (tertiary/aromatic N) is 7. The van der Waals surface area contributed by atoms with E-state index in [0.717, 1.165) is 47.1 Å². The summed E-state index contributed by atoms with van der Waals surface area (Å²) in [4.78, 5) is 44.7. The summed E-state index contributed by atoms with van der Waals surface area (Å²) in [5.41, 5.74) is 9.22. The Morgan fingerprint density at radius 3 is 2.43 bits per heavy atom. The molecule has 10 nitrogen and oxygen atoms in total. The maximum absolute atomic E-state index is 14.3. The smallest absolute Gasteiger partial charge is 0.332 e. The second-order valence-corrected chi connectivity index (χ2v) is 11.6. The highest BCUT2D eigenvalue weighted by molar-refractivity contribution is 6.31. The molecule has 0 amide bonds. The summed E-state index contributed by atoms with van der Waals surface area (Å²) in [6.07, 6.45) is 1.83. The number of nitrogens with two attached hydrogens (primary N) is 1. The third-order valence-electron chi connectivity index (χ3n) is 8.24. The van der Waals surface area contributed by atoms with Crippen LogP contribution in [-0.4, -0.2) is 47.8 Å². The molecule has 1 saturated heterocycles. The van der Waals surface area contributed by atoms with Gasteiger partial charge in [0.2, 0.25) is 5.95 Å². The summed E-state index contributed by atoms with van der Waals surface area (Å²) in [7, 11) is 1.63. The van der Waals surface area contributed by atoms with E-state index >= 15 is 0 Å². The highest BCUT2D eigenvalue weighted by Gasteiger charge is 2.27. The third kappa shape index (κ3) is 4.95. The summed E-state index contributed by atoms with van der Waals surface area (Å²) in [6, 6.07) is 25.1. The van der Waals surface area contributed by atoms with Gasteiger partial charge >= 0.3 is 5.69 Å². The first-order valence-corrected chi connectivity index (χ1v) is 15.0. The molecule has 44 heavy (non-hydrogen) atoms. The highest BCUT2D eigenvalue weighted by Crippen LogP contribution is 2.28. The fourth-order valence-corrected chi connectivity index (χ4v) is 6.23. The second-order valence-electron chi connectivity index (χ2n) is 11.2. The van der Waals surface area contributed by atoms with E-state index in [1.807, 2.05) is 83.4 Å². The lowest BCUT2D eigenvalue weighted by molar-refractivity contribution is 0.495. The van der Waals surface area contributed by atoms with E-state index < -0.39 is 11.2 Å². The number of aromatic nitrogens is 6. The van der Waals surface area contributed by atoms with Crippen LogP contribution < -0.4 is 21.9 Å². The summed E-state index contributed by atoms with van der Waals surface area (Å²) < 4.78 is 4.48. The first-order chi connectivity index (χ1) is 21.4. The molecule has 3 aromatic heterocycles. The molecule has 1 aliphatic rings. The quantitative estimate of drug-likeness (QED) is 0.302. The number of fused-ring (bicyclic) bond motifs is 2. The summed E-state index contributed by atoms with van der Waals surface area (Å²) in [5, 5.41) is 1.47. The molecular weight excluding hydrogens is 576 g/mol. The van der Waals surface area contributed by atoms with Crippen molar-refractivity contribution in [3.05, 3.63) is 116 Å². The van der Waals surface area contributed by atoms with Crippen molar-refractivity contribution in [2.75, 3.05) is 18.0 Å². The first-order valence-electron chi connectivity index (χ1n) is 14.6. The SMILES string of the molecule is Cn1c(=O)n(Cc2nc(-c3ccccc3)c3ccccc3n2)c(=O)c2c1nc(N1CCCC(N)C1)n2Cc1ccccc1Cl. The third-order valence-corrected chi connectivity index (χ3v) is 8.60. The average Bonchev–Trinajstić information content (AvgIpc) is 3.42. The molecular formula is C33H31ClN8O2. The Morgan fingerprint density at radius 1 is 0.886 bits per heavy atom. The van der Waals surface area contributed by atoms with Crippen LogP contribution in [0.25, 0.3) is 33.3 Å². The van der Waals surface area contributed by atoms with Crippen LogP contribution in [0.3, 0.4) is 0 Å². The summed E-state index contributed by atoms with van der Waals surface area (Å²) in [5.74, 6) is 0.953. The number of halogens is 1. The van der Waals surface area contributed by atoms with Gasteiger partial charge in [0.1, 0.15) is 5.82 Å². The molecule has 1 aliphatic heterocycles. The van der Waals surface area contributed by atoms with Gasteiger partial charge in [-0.05, 0) is 30.5 Å². The predicted octanol–water partition coefficient (Wildman–Crippen LogP) is 4.18. The van der Waals surface area contributed by atoms with Crippen molar-refractivity contribution < 1.29 is 0 Å². The van der Waals surface area contributed by atoms with Crippen molar-refractivity contribution in [3.8, 4) is 11.3 Å². The molecule has 222 valence electrons. The Labute approximate surface area is 258 Å². The number of para-hydroxylation sites is 1. The molecule has 11 heteroatoms. The maximum Gasteiger partial charge on any atom is 0.332 e. The van der Waals surface area contributed by atoms with Gasteiger partial charge in [-0.25, -0.2) is 14.8 Å². The molecule has 6 aromatic rings. The summed E-state index contributed by atoms with van der Waals surface area (Å²) >= 11 is 6.58. The molecule has 4 heterocycles. The molecule has 0 aliphatic carbocycles. The van der Waals surface area contributed by atoms with Gasteiger partial charge in [0.05, 0.1) is 24.3 Å². The van der Waals surface area contributed by atoms with E-state index in [-0.39, 0.29) is 12.6 Å². The van der Waals surface area contributed by atoms with Gasteiger partial charge in [-0.3, -0.25) is 18.5 Å². The standard InChI is InChI=1S/C33H31ClN8O2/c1-39-30-29(41(18-22-12-5-7-15-25(22)34)32(38-30)40-17-9-13-23(35)19-40)31(43)42(33(39)44)20-27-36-26-16-8-6-14-24(26)28(37-27)21-10-3-2-4-11-21/h2-8,10-12,14-16,23H,9,13,17-20,35H2,1H3. The van der Waals surface area contributed by atoms with Crippen molar-refractivity contribution >= 4 is 39.6 Å². The minimum absolute atomic E-state index is 0.0123. The molecule has 1 unspecified atom stereocenters. The Balaban J connectivity index is 1.42. The highest BCUT2D eigenvalue weighted by atomic mass is 35.5. The van der Waals surface area contributed by atoms with Gasteiger partial charge < -0.3 is 10.6 Å². The molecule has 0 radical (unpaired) electrons. The van der Waals surface area contributed by atoms with E-state index in [2.05, 4.69) is 4.90 Å². The van der Waals surface area contributed by atoms with Gasteiger partial charge in [0.15, 0.2) is 11.2 Å². The van der Waals surface area contributed by atoms with Crippen LogP contribution in [0, 0.1) is 0 Å². The molecule has 2 N–H and O–H groups in total. The molecule has 7 rings (SSSR count). The Morgan fingerprint density at radius 2 is 1.64 bits per heavy atom. The minimum atomic E-state index is -0.496. The number of hydrogen-bond donors (Lipinski definition) is 1. The Bertz CT molecular complexity index is 2140. The zero-order chi connectivity index (χ0) is 30.4. The van der Waals surface area contributed by atoms with Gasteiger partial charge in [-0.15, -0.1) is 0 Å². The lowest BCUT2D eigenvalue weighted by atomic mass is 10.1. The van der Waals surface area contributed by atoms with Gasteiger partial charge in [0, 0.05) is 42.2 Å². The second kappa shape index (κ2) is 11.4. The lowest BCUT2D eigenvalue weighted by Gasteiger charge is -2.32. The fraction of sp³-hybridized carbons (Fsp3) is 0.242. The number of piperidine rings is 1. The number of aryl methyl sites for hydroxylation is 1. The monoisotopic (exact) mass is 606 g/mol. The van der Waals surface area contributed by atoms with Crippen LogP contribution in [0.2, 0.25) is 5.02 Å². The number of hydrogen-bond acceptors (Lipinski definition) is 7. The average molecular weight is 607 g/mol. The zero-order valence-electron chi connectivity index (χ0n) is 24.2. The molecule has 1 atom stereocenters. The Kier molecular flexibility index (Phi) is 7.23. The van der Waals surface area contributed by atoms with Crippen molar-refractivity contribution in [3.63, 3.8) is 0 Å². The molecule has 0 spiro atoms. The number of rotatable bonds is 6. The zero-order valence-corrected chi connectivity index (χ0v) is 25.0. The molecule has 1 fully saturated rings. The largest absolute Gasteiger partial charge is 0.341 e. The van der Waals surface area contributed by atoms with Gasteiger partial charge in [-0.2, -0.15) is 4.98 Å². The van der Waals surface area contributed by atoms with Crippen molar-refractivity contribution in [2.24, 2.45) is 12.8 Å². The van der Waals surface area contributed by atoms with Crippen LogP contribution in [0.4, 0.5) is 5.95 Å². The van der Waals surface area contributed by atoms with Crippen LogP contribution >= 0.6 is 11.6 Å². The number of anilines is 1. The lowest BCUT2D eigenvalue weighted by Crippen LogP contribution is -2.44. The van der Waals surface area contributed by atoms with E-state index in [9.17, 15) is 9.59 Å². The number of benzene rings is 3. The van der Waals surface area contributed by atoms with Gasteiger partial charge in [-0.1, -0.05) is 78.3 Å². The normalized spacial score (nSPS) is 15.3. The van der Waals surface area contributed by atoms with Crippen LogP contribution in [0.5, 0.6) is 0 Å². The van der Waals surface area contributed by atoms with Crippen molar-refractivity contribution in [1.82, 2.24) is 28.7 Å². The molecule has 3 aromatic carbocycles. The maximum atomic E-state index is 14.3. The van der Waals surface area contributed by atoms with Crippen molar-refractivity contribution in [2.45, 2.75) is 32.0 Å². The fourth-order valence-electron chi connectivity index (χ4n) is 6.03.